The van der Waals surface area contributed by atoms with Crippen molar-refractivity contribution in [3.05, 3.63) is 23.9 Å². The Morgan fingerprint density at radius 1 is 1.30 bits per heavy atom. The maximum absolute atomic E-state index is 12.3. The van der Waals surface area contributed by atoms with Crippen molar-refractivity contribution in [3.8, 4) is 0 Å². The summed E-state index contributed by atoms with van der Waals surface area (Å²) < 4.78 is 23.8. The quantitative estimate of drug-likeness (QED) is 0.619. The highest BCUT2D eigenvalue weighted by atomic mass is 32.2. The van der Waals surface area contributed by atoms with Crippen molar-refractivity contribution in [2.24, 2.45) is 4.99 Å². The molecule has 0 spiro atoms. The van der Waals surface area contributed by atoms with E-state index in [0.717, 1.165) is 37.0 Å². The number of hydrogen-bond acceptors (Lipinski definition) is 5. The van der Waals surface area contributed by atoms with Gasteiger partial charge in [-0.3, -0.25) is 0 Å². The largest absolute Gasteiger partial charge is 0.357 e. The van der Waals surface area contributed by atoms with Gasteiger partial charge in [0.1, 0.15) is 5.82 Å². The van der Waals surface area contributed by atoms with E-state index in [-0.39, 0.29) is 5.75 Å². The predicted octanol–water partition coefficient (Wildman–Crippen LogP) is 1.66. The molecule has 2 fully saturated rings. The first-order valence-corrected chi connectivity index (χ1v) is 11.4. The van der Waals surface area contributed by atoms with Gasteiger partial charge in [-0.1, -0.05) is 0 Å². The van der Waals surface area contributed by atoms with Crippen molar-refractivity contribution in [2.75, 3.05) is 43.4 Å². The normalized spacial score (nSPS) is 22.1. The third-order valence-corrected chi connectivity index (χ3v) is 7.86. The molecule has 0 aromatic carbocycles. The monoisotopic (exact) mass is 393 g/mol. The molecule has 0 atom stereocenters. The molecule has 8 heteroatoms. The lowest BCUT2D eigenvalue weighted by Gasteiger charge is -2.39. The van der Waals surface area contributed by atoms with E-state index >= 15 is 0 Å². The lowest BCUT2D eigenvalue weighted by atomic mass is 10.2. The number of guanidine groups is 1. The van der Waals surface area contributed by atoms with Gasteiger partial charge in [0, 0.05) is 38.9 Å². The van der Waals surface area contributed by atoms with E-state index in [4.69, 9.17) is 4.99 Å². The van der Waals surface area contributed by atoms with E-state index in [1.807, 2.05) is 19.2 Å². The van der Waals surface area contributed by atoms with E-state index < -0.39 is 14.6 Å². The van der Waals surface area contributed by atoms with E-state index in [1.165, 1.54) is 12.8 Å². The maximum atomic E-state index is 12.3. The summed E-state index contributed by atoms with van der Waals surface area (Å²) in [5.74, 6) is 1.97. The van der Waals surface area contributed by atoms with E-state index in [9.17, 15) is 8.42 Å². The van der Waals surface area contributed by atoms with E-state index in [1.54, 1.807) is 13.8 Å². The SMILES string of the molecule is CCNC(=NCc1ccnc(N2CCCC2)c1)N1CCS(=O)(=O)C(C)(C)C1. The average Bonchev–Trinajstić information content (AvgIpc) is 3.16. The molecule has 0 radical (unpaired) electrons. The molecule has 2 saturated heterocycles. The van der Waals surface area contributed by atoms with Gasteiger partial charge in [-0.25, -0.2) is 18.4 Å². The van der Waals surface area contributed by atoms with Crippen LogP contribution >= 0.6 is 0 Å². The zero-order chi connectivity index (χ0) is 19.5. The van der Waals surface area contributed by atoms with Gasteiger partial charge in [-0.15, -0.1) is 0 Å². The lowest BCUT2D eigenvalue weighted by molar-refractivity contribution is 0.353. The number of sulfone groups is 1. The highest BCUT2D eigenvalue weighted by Crippen LogP contribution is 2.24. The Bertz CT molecular complexity index is 785. The van der Waals surface area contributed by atoms with Crippen molar-refractivity contribution in [2.45, 2.75) is 44.9 Å². The fraction of sp³-hybridized carbons (Fsp3) is 0.684. The summed E-state index contributed by atoms with van der Waals surface area (Å²) in [5.41, 5.74) is 1.12. The smallest absolute Gasteiger partial charge is 0.194 e. The summed E-state index contributed by atoms with van der Waals surface area (Å²) in [4.78, 5) is 13.7. The molecule has 0 unspecified atom stereocenters. The highest BCUT2D eigenvalue weighted by molar-refractivity contribution is 7.92. The van der Waals surface area contributed by atoms with Gasteiger partial charge in [0.15, 0.2) is 15.8 Å². The Kier molecular flexibility index (Phi) is 5.93. The average molecular weight is 394 g/mol. The molecule has 3 heterocycles. The number of aliphatic imine (C=N–C) groups is 1. The highest BCUT2D eigenvalue weighted by Gasteiger charge is 2.40. The summed E-state index contributed by atoms with van der Waals surface area (Å²) in [6, 6.07) is 4.11. The number of anilines is 1. The summed E-state index contributed by atoms with van der Waals surface area (Å²) in [6.07, 6.45) is 4.30. The molecule has 1 aromatic heterocycles. The Hall–Kier alpha value is -1.83. The van der Waals surface area contributed by atoms with Crippen LogP contribution in [0.15, 0.2) is 23.3 Å². The molecule has 1 aromatic rings. The minimum atomic E-state index is -3.06. The molecule has 2 aliphatic heterocycles. The second kappa shape index (κ2) is 8.04. The van der Waals surface area contributed by atoms with Gasteiger partial charge in [0.25, 0.3) is 0 Å². The molecular formula is C19H31N5O2S. The molecule has 27 heavy (non-hydrogen) atoms. The van der Waals surface area contributed by atoms with Crippen LogP contribution in [0.3, 0.4) is 0 Å². The molecule has 0 amide bonds. The minimum absolute atomic E-state index is 0.165. The number of pyridine rings is 1. The predicted molar refractivity (Wildman–Crippen MR) is 110 cm³/mol. The summed E-state index contributed by atoms with van der Waals surface area (Å²) in [5, 5.41) is 3.31. The molecule has 2 aliphatic rings. The van der Waals surface area contributed by atoms with E-state index in [2.05, 4.69) is 26.2 Å². The zero-order valence-electron chi connectivity index (χ0n) is 16.6. The Morgan fingerprint density at radius 3 is 2.70 bits per heavy atom. The number of nitrogens with one attached hydrogen (secondary N) is 1. The topological polar surface area (TPSA) is 77.9 Å². The fourth-order valence-corrected chi connectivity index (χ4v) is 4.96. The lowest BCUT2D eigenvalue weighted by Crippen LogP contribution is -2.57. The molecule has 0 bridgehead atoms. The maximum Gasteiger partial charge on any atom is 0.194 e. The standard InChI is InChI=1S/C19H31N5O2S/c1-4-20-18(24-11-12-27(25,26)19(2,3)15-24)22-14-16-7-8-21-17(13-16)23-9-5-6-10-23/h7-8,13H,4-6,9-12,14-15H2,1-3H3,(H,20,22). The molecule has 150 valence electrons. The fourth-order valence-electron chi connectivity index (χ4n) is 3.59. The minimum Gasteiger partial charge on any atom is -0.357 e. The zero-order valence-corrected chi connectivity index (χ0v) is 17.4. The third-order valence-electron chi connectivity index (χ3n) is 5.33. The van der Waals surface area contributed by atoms with Crippen molar-refractivity contribution in [1.82, 2.24) is 15.2 Å². The van der Waals surface area contributed by atoms with Crippen molar-refractivity contribution >= 4 is 21.6 Å². The first-order valence-electron chi connectivity index (χ1n) is 9.78. The van der Waals surface area contributed by atoms with Crippen LogP contribution in [-0.4, -0.2) is 67.5 Å². The van der Waals surface area contributed by atoms with Gasteiger partial charge < -0.3 is 15.1 Å². The number of rotatable bonds is 4. The Morgan fingerprint density at radius 2 is 2.04 bits per heavy atom. The van der Waals surface area contributed by atoms with Crippen LogP contribution in [0.5, 0.6) is 0 Å². The first-order chi connectivity index (χ1) is 12.8. The third kappa shape index (κ3) is 4.54. The summed E-state index contributed by atoms with van der Waals surface area (Å²) in [7, 11) is -3.06. The summed E-state index contributed by atoms with van der Waals surface area (Å²) >= 11 is 0. The van der Waals surface area contributed by atoms with Gasteiger partial charge in [0.2, 0.25) is 0 Å². The van der Waals surface area contributed by atoms with Crippen LogP contribution in [0.2, 0.25) is 0 Å². The van der Waals surface area contributed by atoms with Crippen molar-refractivity contribution in [1.29, 1.82) is 0 Å². The second-order valence-corrected chi connectivity index (χ2v) is 10.6. The van der Waals surface area contributed by atoms with Crippen LogP contribution in [0.4, 0.5) is 5.82 Å². The van der Waals surface area contributed by atoms with Crippen molar-refractivity contribution < 1.29 is 8.42 Å². The van der Waals surface area contributed by atoms with Crippen molar-refractivity contribution in [3.63, 3.8) is 0 Å². The van der Waals surface area contributed by atoms with Crippen LogP contribution in [0.1, 0.15) is 39.2 Å². The molecule has 0 saturated carbocycles. The van der Waals surface area contributed by atoms with Gasteiger partial charge in [-0.2, -0.15) is 0 Å². The molecule has 1 N–H and O–H groups in total. The number of hydrogen-bond donors (Lipinski definition) is 1. The first kappa shape index (κ1) is 19.9. The van der Waals surface area contributed by atoms with E-state index in [0.29, 0.717) is 19.6 Å². The molecule has 3 rings (SSSR count). The van der Waals surface area contributed by atoms with Gasteiger partial charge >= 0.3 is 0 Å². The molecule has 7 nitrogen and oxygen atoms in total. The van der Waals surface area contributed by atoms with Crippen LogP contribution in [0.25, 0.3) is 0 Å². The molecular weight excluding hydrogens is 362 g/mol. The van der Waals surface area contributed by atoms with Gasteiger partial charge in [0.05, 0.1) is 17.0 Å². The Labute approximate surface area is 162 Å². The van der Waals surface area contributed by atoms with Gasteiger partial charge in [-0.05, 0) is 51.3 Å². The number of aromatic nitrogens is 1. The number of nitrogens with zero attached hydrogens (tertiary/aromatic N) is 4. The van der Waals surface area contributed by atoms with Crippen LogP contribution < -0.4 is 10.2 Å². The van der Waals surface area contributed by atoms with Crippen LogP contribution in [-0.2, 0) is 16.4 Å². The second-order valence-electron chi connectivity index (χ2n) is 7.89. The van der Waals surface area contributed by atoms with Crippen LogP contribution in [0, 0.1) is 0 Å². The molecule has 0 aliphatic carbocycles. The summed E-state index contributed by atoms with van der Waals surface area (Å²) in [6.45, 7) is 9.99. The Balaban J connectivity index is 1.74.